The molecule has 0 bridgehead atoms. The predicted molar refractivity (Wildman–Crippen MR) is 95.5 cm³/mol. The summed E-state index contributed by atoms with van der Waals surface area (Å²) in [6.45, 7) is -0.195. The van der Waals surface area contributed by atoms with E-state index in [9.17, 15) is 9.59 Å². The van der Waals surface area contributed by atoms with Gasteiger partial charge in [0.05, 0.1) is 16.9 Å². The topological polar surface area (TPSA) is 94.9 Å². The summed E-state index contributed by atoms with van der Waals surface area (Å²) in [5, 5.41) is 7.27. The summed E-state index contributed by atoms with van der Waals surface area (Å²) in [6.07, 6.45) is 2.89. The Hall–Kier alpha value is -3.39. The van der Waals surface area contributed by atoms with Gasteiger partial charge >= 0.3 is 5.76 Å². The van der Waals surface area contributed by atoms with E-state index in [1.54, 1.807) is 42.5 Å². The summed E-state index contributed by atoms with van der Waals surface area (Å²) in [5.41, 5.74) is 2.03. The van der Waals surface area contributed by atoms with Gasteiger partial charge in [-0.05, 0) is 30.3 Å². The van der Waals surface area contributed by atoms with Crippen molar-refractivity contribution in [3.8, 4) is 5.69 Å². The van der Waals surface area contributed by atoms with E-state index in [-0.39, 0.29) is 6.54 Å². The number of hydrogen-bond donors (Lipinski definition) is 1. The van der Waals surface area contributed by atoms with Gasteiger partial charge in [-0.1, -0.05) is 23.7 Å². The highest BCUT2D eigenvalue weighted by Gasteiger charge is 2.14. The fraction of sp³-hybridized carbons (Fsp3) is 0.0588. The number of anilines is 1. The van der Waals surface area contributed by atoms with E-state index in [4.69, 9.17) is 16.0 Å². The average molecular weight is 370 g/mol. The highest BCUT2D eigenvalue weighted by molar-refractivity contribution is 6.31. The van der Waals surface area contributed by atoms with Gasteiger partial charge in [0, 0.05) is 5.02 Å². The molecule has 2 aromatic heterocycles. The van der Waals surface area contributed by atoms with Gasteiger partial charge in [-0.25, -0.2) is 14.5 Å². The Morgan fingerprint density at radius 3 is 2.88 bits per heavy atom. The molecule has 2 aromatic carbocycles. The Kier molecular flexibility index (Phi) is 4.02. The number of nitrogens with zero attached hydrogens (tertiary/aromatic N) is 4. The molecule has 4 aromatic rings. The molecular formula is C17H12ClN5O3. The van der Waals surface area contributed by atoms with Gasteiger partial charge in [-0.3, -0.25) is 9.36 Å². The molecule has 1 amide bonds. The highest BCUT2D eigenvalue weighted by atomic mass is 35.5. The zero-order chi connectivity index (χ0) is 18.1. The quantitative estimate of drug-likeness (QED) is 0.596. The van der Waals surface area contributed by atoms with Gasteiger partial charge in [0.15, 0.2) is 5.58 Å². The number of carbonyl (C=O) groups excluding carboxylic acids is 1. The van der Waals surface area contributed by atoms with Crippen molar-refractivity contribution in [2.24, 2.45) is 0 Å². The number of fused-ring (bicyclic) bond motifs is 1. The number of oxazole rings is 1. The van der Waals surface area contributed by atoms with Crippen LogP contribution < -0.4 is 11.1 Å². The number of carbonyl (C=O) groups is 1. The van der Waals surface area contributed by atoms with Gasteiger partial charge in [0.2, 0.25) is 5.91 Å². The molecule has 4 rings (SSSR count). The maximum Gasteiger partial charge on any atom is 0.420 e. The lowest BCUT2D eigenvalue weighted by Gasteiger charge is -2.11. The summed E-state index contributed by atoms with van der Waals surface area (Å²) in [6, 6.07) is 11.9. The summed E-state index contributed by atoms with van der Waals surface area (Å²) in [5.74, 6) is -0.994. The van der Waals surface area contributed by atoms with Gasteiger partial charge in [0.25, 0.3) is 0 Å². The summed E-state index contributed by atoms with van der Waals surface area (Å²) < 4.78 is 7.91. The molecule has 1 N–H and O–H groups in total. The molecule has 0 aliphatic heterocycles. The van der Waals surface area contributed by atoms with E-state index < -0.39 is 11.7 Å². The first-order valence-corrected chi connectivity index (χ1v) is 8.02. The van der Waals surface area contributed by atoms with E-state index >= 15 is 0 Å². The molecule has 8 nitrogen and oxygen atoms in total. The Balaban J connectivity index is 1.64. The van der Waals surface area contributed by atoms with Crippen LogP contribution in [0.4, 0.5) is 5.69 Å². The number of amides is 1. The second-order valence-electron chi connectivity index (χ2n) is 5.47. The van der Waals surface area contributed by atoms with Crippen molar-refractivity contribution in [2.45, 2.75) is 6.54 Å². The SMILES string of the molecule is O=C(Cn1c(=O)oc2ccccc21)Nc1cc(Cl)ccc1-n1cncn1. The highest BCUT2D eigenvalue weighted by Crippen LogP contribution is 2.24. The molecule has 26 heavy (non-hydrogen) atoms. The second-order valence-corrected chi connectivity index (χ2v) is 5.91. The Bertz CT molecular complexity index is 1150. The van der Waals surface area contributed by atoms with Crippen molar-refractivity contribution < 1.29 is 9.21 Å². The molecule has 0 unspecified atom stereocenters. The number of benzene rings is 2. The van der Waals surface area contributed by atoms with E-state index in [1.165, 1.54) is 21.9 Å². The average Bonchev–Trinajstić information content (AvgIpc) is 3.24. The maximum absolute atomic E-state index is 12.5. The largest absolute Gasteiger partial charge is 0.420 e. The third kappa shape index (κ3) is 2.98. The molecule has 0 aliphatic carbocycles. The van der Waals surface area contributed by atoms with Crippen LogP contribution in [-0.4, -0.2) is 25.2 Å². The lowest BCUT2D eigenvalue weighted by molar-refractivity contribution is -0.116. The van der Waals surface area contributed by atoms with Crippen molar-refractivity contribution in [1.29, 1.82) is 0 Å². The van der Waals surface area contributed by atoms with Crippen molar-refractivity contribution in [3.63, 3.8) is 0 Å². The standard InChI is InChI=1S/C17H12ClN5O3/c18-11-5-6-13(23-10-19-9-20-23)12(7-11)21-16(24)8-22-14-3-1-2-4-15(14)26-17(22)25/h1-7,9-10H,8H2,(H,21,24). The van der Waals surface area contributed by atoms with E-state index in [0.29, 0.717) is 27.5 Å². The number of halogens is 1. The normalized spacial score (nSPS) is 11.0. The second kappa shape index (κ2) is 6.49. The van der Waals surface area contributed by atoms with E-state index in [1.807, 2.05) is 0 Å². The van der Waals surface area contributed by atoms with E-state index in [2.05, 4.69) is 15.4 Å². The predicted octanol–water partition coefficient (Wildman–Crippen LogP) is 2.47. The minimum atomic E-state index is -0.594. The lowest BCUT2D eigenvalue weighted by Crippen LogP contribution is -2.25. The van der Waals surface area contributed by atoms with Crippen molar-refractivity contribution >= 4 is 34.3 Å². The number of rotatable bonds is 4. The zero-order valence-corrected chi connectivity index (χ0v) is 14.1. The monoisotopic (exact) mass is 369 g/mol. The molecule has 2 heterocycles. The molecule has 0 atom stereocenters. The van der Waals surface area contributed by atoms with E-state index in [0.717, 1.165) is 0 Å². The Labute approximate surface area is 151 Å². The van der Waals surface area contributed by atoms with Crippen LogP contribution >= 0.6 is 11.6 Å². The minimum absolute atomic E-state index is 0.195. The Morgan fingerprint density at radius 2 is 2.08 bits per heavy atom. The molecule has 0 saturated carbocycles. The van der Waals surface area contributed by atoms with Crippen LogP contribution in [-0.2, 0) is 11.3 Å². The van der Waals surface area contributed by atoms with Crippen LogP contribution in [0.5, 0.6) is 0 Å². The number of para-hydroxylation sites is 2. The van der Waals surface area contributed by atoms with Gasteiger partial charge in [0.1, 0.15) is 19.2 Å². The first kappa shape index (κ1) is 16.1. The van der Waals surface area contributed by atoms with Gasteiger partial charge in [-0.15, -0.1) is 0 Å². The van der Waals surface area contributed by atoms with Crippen LogP contribution in [0.25, 0.3) is 16.8 Å². The van der Waals surface area contributed by atoms with Crippen molar-refractivity contribution in [1.82, 2.24) is 19.3 Å². The van der Waals surface area contributed by atoms with Crippen molar-refractivity contribution in [3.05, 3.63) is 70.7 Å². The first-order valence-electron chi connectivity index (χ1n) is 7.64. The van der Waals surface area contributed by atoms with Crippen LogP contribution in [0.15, 0.2) is 64.3 Å². The molecule has 0 spiro atoms. The fourth-order valence-electron chi connectivity index (χ4n) is 2.64. The molecule has 130 valence electrons. The first-order chi connectivity index (χ1) is 12.6. The molecule has 9 heteroatoms. The number of nitrogens with one attached hydrogen (secondary N) is 1. The smallest absolute Gasteiger partial charge is 0.408 e. The minimum Gasteiger partial charge on any atom is -0.408 e. The molecule has 0 aliphatic rings. The molecule has 0 radical (unpaired) electrons. The number of aromatic nitrogens is 4. The molecular weight excluding hydrogens is 358 g/mol. The fourth-order valence-corrected chi connectivity index (χ4v) is 2.81. The van der Waals surface area contributed by atoms with Crippen LogP contribution in [0.2, 0.25) is 5.02 Å². The molecule has 0 fully saturated rings. The summed E-state index contributed by atoms with van der Waals surface area (Å²) >= 11 is 6.04. The summed E-state index contributed by atoms with van der Waals surface area (Å²) in [4.78, 5) is 28.4. The van der Waals surface area contributed by atoms with Gasteiger partial charge in [-0.2, -0.15) is 5.10 Å². The number of hydrogen-bond acceptors (Lipinski definition) is 5. The summed E-state index contributed by atoms with van der Waals surface area (Å²) in [7, 11) is 0. The Morgan fingerprint density at radius 1 is 1.23 bits per heavy atom. The lowest BCUT2D eigenvalue weighted by atomic mass is 10.2. The molecule has 0 saturated heterocycles. The third-order valence-corrected chi connectivity index (χ3v) is 4.01. The van der Waals surface area contributed by atoms with Crippen molar-refractivity contribution in [2.75, 3.05) is 5.32 Å². The van der Waals surface area contributed by atoms with Crippen LogP contribution in [0.1, 0.15) is 0 Å². The third-order valence-electron chi connectivity index (χ3n) is 3.77. The maximum atomic E-state index is 12.5. The van der Waals surface area contributed by atoms with Gasteiger partial charge < -0.3 is 9.73 Å². The van der Waals surface area contributed by atoms with Crippen LogP contribution in [0.3, 0.4) is 0 Å². The zero-order valence-electron chi connectivity index (χ0n) is 13.3. The van der Waals surface area contributed by atoms with Crippen LogP contribution in [0, 0.1) is 0 Å².